The summed E-state index contributed by atoms with van der Waals surface area (Å²) in [5.41, 5.74) is 5.06. The molecule has 1 unspecified atom stereocenters. The molecule has 5 nitrogen and oxygen atoms in total. The van der Waals surface area contributed by atoms with E-state index in [1.807, 2.05) is 29.2 Å². The number of hydrogen-bond acceptors (Lipinski definition) is 4. The molecule has 28 heavy (non-hydrogen) atoms. The lowest BCUT2D eigenvalue weighted by Crippen LogP contribution is -2.43. The maximum absolute atomic E-state index is 12.9. The number of carbonyl (C=O) groups is 1. The lowest BCUT2D eigenvalue weighted by atomic mass is 10.0. The van der Waals surface area contributed by atoms with Gasteiger partial charge in [0.1, 0.15) is 5.58 Å². The molecule has 1 aliphatic heterocycles. The summed E-state index contributed by atoms with van der Waals surface area (Å²) in [7, 11) is 0. The molecule has 1 atom stereocenters. The highest BCUT2D eigenvalue weighted by molar-refractivity contribution is 5.90. The van der Waals surface area contributed by atoms with Crippen LogP contribution in [0, 0.1) is 13.8 Å². The predicted molar refractivity (Wildman–Crippen MR) is 108 cm³/mol. The number of ether oxygens (including phenoxy) is 1. The van der Waals surface area contributed by atoms with E-state index in [4.69, 9.17) is 9.15 Å². The van der Waals surface area contributed by atoms with E-state index in [1.54, 1.807) is 12.5 Å². The first-order valence-electron chi connectivity index (χ1n) is 9.87. The summed E-state index contributed by atoms with van der Waals surface area (Å²) in [4.78, 5) is 19.1. The number of aromatic nitrogens is 1. The van der Waals surface area contributed by atoms with Gasteiger partial charge in [-0.1, -0.05) is 12.1 Å². The van der Waals surface area contributed by atoms with Crippen molar-refractivity contribution in [1.29, 1.82) is 0 Å². The molecule has 146 valence electrons. The van der Waals surface area contributed by atoms with Gasteiger partial charge in [0, 0.05) is 30.2 Å². The van der Waals surface area contributed by atoms with E-state index in [1.165, 1.54) is 5.56 Å². The lowest BCUT2D eigenvalue weighted by molar-refractivity contribution is -0.134. The highest BCUT2D eigenvalue weighted by atomic mass is 16.5. The summed E-state index contributed by atoms with van der Waals surface area (Å²) in [6.45, 7) is 6.04. The fourth-order valence-corrected chi connectivity index (χ4v) is 4.02. The summed E-state index contributed by atoms with van der Waals surface area (Å²) in [5.74, 6) is 0.133. The van der Waals surface area contributed by atoms with Crippen LogP contribution < -0.4 is 0 Å². The van der Waals surface area contributed by atoms with Gasteiger partial charge in [0.25, 0.3) is 0 Å². The Labute approximate surface area is 165 Å². The minimum atomic E-state index is 0.0604. The van der Waals surface area contributed by atoms with Gasteiger partial charge in [0.2, 0.25) is 5.91 Å². The maximum Gasteiger partial charge on any atom is 0.227 e. The quantitative estimate of drug-likeness (QED) is 0.668. The number of amides is 1. The number of likely N-dealkylation sites (tertiary alicyclic amines) is 1. The Kier molecular flexibility index (Phi) is 5.44. The minimum Gasteiger partial charge on any atom is -0.464 e. The predicted octanol–water partition coefficient (Wildman–Crippen LogP) is 4.19. The molecule has 1 fully saturated rings. The molecule has 5 heteroatoms. The molecule has 0 aliphatic carbocycles. The van der Waals surface area contributed by atoms with E-state index in [9.17, 15) is 4.79 Å². The Bertz CT molecular complexity index is 965. The molecule has 0 bridgehead atoms. The molecule has 0 saturated carbocycles. The Morgan fingerprint density at radius 2 is 2.21 bits per heavy atom. The molecular formula is C23H26N2O3. The molecule has 0 spiro atoms. The average molecular weight is 378 g/mol. The van der Waals surface area contributed by atoms with Gasteiger partial charge in [-0.05, 0) is 56.0 Å². The second-order valence-electron chi connectivity index (χ2n) is 7.63. The first-order chi connectivity index (χ1) is 13.6. The van der Waals surface area contributed by atoms with Crippen molar-refractivity contribution >= 4 is 16.9 Å². The topological polar surface area (TPSA) is 55.6 Å². The Hall–Kier alpha value is -2.66. The zero-order chi connectivity index (χ0) is 19.5. The average Bonchev–Trinajstić information content (AvgIpc) is 3.10. The number of furan rings is 1. The number of rotatable bonds is 5. The van der Waals surface area contributed by atoms with Gasteiger partial charge in [0.15, 0.2) is 0 Å². The van der Waals surface area contributed by atoms with Gasteiger partial charge in [-0.3, -0.25) is 9.78 Å². The van der Waals surface area contributed by atoms with Crippen molar-refractivity contribution in [3.8, 4) is 0 Å². The molecule has 1 aromatic carbocycles. The van der Waals surface area contributed by atoms with Crippen molar-refractivity contribution < 1.29 is 13.9 Å². The zero-order valence-corrected chi connectivity index (χ0v) is 16.5. The van der Waals surface area contributed by atoms with E-state index >= 15 is 0 Å². The van der Waals surface area contributed by atoms with Crippen molar-refractivity contribution in [3.63, 3.8) is 0 Å². The Morgan fingerprint density at radius 1 is 1.32 bits per heavy atom. The van der Waals surface area contributed by atoms with Crippen LogP contribution in [0.25, 0.3) is 11.0 Å². The fraction of sp³-hybridized carbons (Fsp3) is 0.391. The van der Waals surface area contributed by atoms with Crippen LogP contribution in [0.15, 0.2) is 47.2 Å². The molecule has 2 aromatic heterocycles. The van der Waals surface area contributed by atoms with Crippen molar-refractivity contribution in [2.75, 3.05) is 13.1 Å². The summed E-state index contributed by atoms with van der Waals surface area (Å²) < 4.78 is 11.7. The number of carbonyl (C=O) groups excluding carboxylic acids is 1. The van der Waals surface area contributed by atoms with Crippen LogP contribution in [0.3, 0.4) is 0 Å². The highest BCUT2D eigenvalue weighted by Gasteiger charge is 2.25. The summed E-state index contributed by atoms with van der Waals surface area (Å²) in [5, 5.41) is 1.07. The number of aryl methyl sites for hydroxylation is 2. The number of benzene rings is 1. The SMILES string of the molecule is Cc1cc(C)c2c(CC(=O)N3CCCC(OCc4ccccn4)C3)coc2c1. The van der Waals surface area contributed by atoms with Crippen molar-refractivity contribution in [2.45, 2.75) is 45.8 Å². The Balaban J connectivity index is 1.39. The lowest BCUT2D eigenvalue weighted by Gasteiger charge is -2.32. The van der Waals surface area contributed by atoms with Gasteiger partial charge in [0.05, 0.1) is 31.1 Å². The zero-order valence-electron chi connectivity index (χ0n) is 16.5. The Morgan fingerprint density at radius 3 is 3.04 bits per heavy atom. The smallest absolute Gasteiger partial charge is 0.227 e. The minimum absolute atomic E-state index is 0.0604. The summed E-state index contributed by atoms with van der Waals surface area (Å²) in [6.07, 6.45) is 5.86. The third-order valence-corrected chi connectivity index (χ3v) is 5.36. The highest BCUT2D eigenvalue weighted by Crippen LogP contribution is 2.27. The first kappa shape index (κ1) is 18.7. The van der Waals surface area contributed by atoms with E-state index in [-0.39, 0.29) is 12.0 Å². The molecule has 0 N–H and O–H groups in total. The van der Waals surface area contributed by atoms with Crippen molar-refractivity contribution in [3.05, 3.63) is 65.2 Å². The van der Waals surface area contributed by atoms with E-state index < -0.39 is 0 Å². The van der Waals surface area contributed by atoms with Gasteiger partial charge < -0.3 is 14.1 Å². The van der Waals surface area contributed by atoms with E-state index in [2.05, 4.69) is 24.9 Å². The summed E-state index contributed by atoms with van der Waals surface area (Å²) in [6, 6.07) is 9.97. The molecule has 1 amide bonds. The third kappa shape index (κ3) is 4.09. The van der Waals surface area contributed by atoms with Crippen LogP contribution >= 0.6 is 0 Å². The van der Waals surface area contributed by atoms with Crippen LogP contribution in [0.2, 0.25) is 0 Å². The van der Waals surface area contributed by atoms with Gasteiger partial charge >= 0.3 is 0 Å². The number of piperidine rings is 1. The number of fused-ring (bicyclic) bond motifs is 1. The fourth-order valence-electron chi connectivity index (χ4n) is 4.02. The van der Waals surface area contributed by atoms with Gasteiger partial charge in [-0.15, -0.1) is 0 Å². The van der Waals surface area contributed by atoms with E-state index in [0.717, 1.165) is 47.2 Å². The second kappa shape index (κ2) is 8.15. The van der Waals surface area contributed by atoms with Crippen molar-refractivity contribution in [1.82, 2.24) is 9.88 Å². The van der Waals surface area contributed by atoms with Crippen LogP contribution in [0.4, 0.5) is 0 Å². The molecule has 1 aliphatic rings. The first-order valence-corrected chi connectivity index (χ1v) is 9.87. The van der Waals surface area contributed by atoms with Gasteiger partial charge in [-0.2, -0.15) is 0 Å². The molecule has 1 saturated heterocycles. The molecular weight excluding hydrogens is 352 g/mol. The van der Waals surface area contributed by atoms with Crippen LogP contribution in [-0.2, 0) is 22.6 Å². The molecule has 3 aromatic rings. The largest absolute Gasteiger partial charge is 0.464 e. The maximum atomic E-state index is 12.9. The molecule has 0 radical (unpaired) electrons. The number of pyridine rings is 1. The normalized spacial score (nSPS) is 17.2. The van der Waals surface area contributed by atoms with Crippen molar-refractivity contribution in [2.24, 2.45) is 0 Å². The monoisotopic (exact) mass is 378 g/mol. The number of hydrogen-bond donors (Lipinski definition) is 0. The van der Waals surface area contributed by atoms with Crippen LogP contribution in [-0.4, -0.2) is 35.0 Å². The third-order valence-electron chi connectivity index (χ3n) is 5.36. The summed E-state index contributed by atoms with van der Waals surface area (Å²) >= 11 is 0. The molecule has 3 heterocycles. The number of nitrogens with zero attached hydrogens (tertiary/aromatic N) is 2. The standard InChI is InChI=1S/C23H26N2O3/c1-16-10-17(2)23-18(14-28-21(23)11-16)12-22(26)25-9-5-7-20(13-25)27-15-19-6-3-4-8-24-19/h3-4,6,8,10-11,14,20H,5,7,9,12-13,15H2,1-2H3. The second-order valence-corrected chi connectivity index (χ2v) is 7.63. The molecule has 4 rings (SSSR count). The van der Waals surface area contributed by atoms with Crippen LogP contribution in [0.1, 0.15) is 35.2 Å². The van der Waals surface area contributed by atoms with E-state index in [0.29, 0.717) is 19.6 Å². The van der Waals surface area contributed by atoms with Crippen LogP contribution in [0.5, 0.6) is 0 Å². The van der Waals surface area contributed by atoms with Gasteiger partial charge in [-0.25, -0.2) is 0 Å².